The molecule has 2 saturated heterocycles. The first-order valence-corrected chi connectivity index (χ1v) is 28.9. The molecule has 482 valence electrons. The highest BCUT2D eigenvalue weighted by molar-refractivity contribution is 5.98. The minimum Gasteiger partial charge on any atom is -0.379 e. The third kappa shape index (κ3) is 27.4. The topological polar surface area (TPSA) is 310 Å². The van der Waals surface area contributed by atoms with Crippen molar-refractivity contribution < 1.29 is 93.2 Å². The molecule has 0 spiro atoms. The Labute approximate surface area is 487 Å². The summed E-state index contributed by atoms with van der Waals surface area (Å²) in [6.45, 7) is 15.6. The fourth-order valence-corrected chi connectivity index (χ4v) is 8.97. The molecule has 8 N–H and O–H groups in total. The Morgan fingerprint density at radius 1 is 0.417 bits per heavy atom. The van der Waals surface area contributed by atoms with Gasteiger partial charge in [0.1, 0.15) is 24.2 Å². The maximum Gasteiger partial charge on any atom is 0.452 e. The molecule has 24 nitrogen and oxygen atoms in total. The van der Waals surface area contributed by atoms with Crippen LogP contribution in [-0.2, 0) is 57.3 Å². The van der Waals surface area contributed by atoms with Crippen LogP contribution in [0.1, 0.15) is 120 Å². The van der Waals surface area contributed by atoms with Gasteiger partial charge in [-0.3, -0.25) is 38.4 Å². The van der Waals surface area contributed by atoms with Crippen molar-refractivity contribution in [2.45, 2.75) is 168 Å². The number of nitrogens with one attached hydrogen (secondary N) is 8. The largest absolute Gasteiger partial charge is 0.452 e. The number of rotatable bonds is 39. The molecule has 30 heteroatoms. The lowest BCUT2D eigenvalue weighted by Crippen LogP contribution is -2.58. The molecule has 0 aromatic rings. The number of urea groups is 2. The number of likely N-dealkylation sites (tertiary alicyclic amines) is 2. The van der Waals surface area contributed by atoms with Gasteiger partial charge in [-0.25, -0.2) is 9.59 Å². The lowest BCUT2D eigenvalue weighted by atomic mass is 9.98. The first-order valence-electron chi connectivity index (χ1n) is 28.9. The highest BCUT2D eigenvalue weighted by Crippen LogP contribution is 2.26. The van der Waals surface area contributed by atoms with Gasteiger partial charge in [0.15, 0.2) is 0 Å². The molecular formula is C54H90F6N10O14. The van der Waals surface area contributed by atoms with Crippen molar-refractivity contribution in [3.8, 4) is 0 Å². The fourth-order valence-electron chi connectivity index (χ4n) is 8.97. The van der Waals surface area contributed by atoms with Crippen LogP contribution in [0, 0.1) is 23.7 Å². The molecule has 0 aliphatic carbocycles. The second kappa shape index (κ2) is 38.2. The number of unbranched alkanes of at least 4 members (excludes halogenated alkanes) is 1. The molecule has 2 heterocycles. The van der Waals surface area contributed by atoms with E-state index in [2.05, 4.69) is 42.5 Å². The number of carbonyl (C=O) groups excluding carboxylic acids is 10. The summed E-state index contributed by atoms with van der Waals surface area (Å²) in [5.41, 5.74) is 0. The van der Waals surface area contributed by atoms with Crippen molar-refractivity contribution in [1.29, 1.82) is 0 Å². The average Bonchev–Trinajstić information content (AvgIpc) is 4.22. The third-order valence-electron chi connectivity index (χ3n) is 13.6. The zero-order chi connectivity index (χ0) is 63.2. The standard InChI is InChI=1S/C54H90F6N10O14/c1-33(2)41(45(73)53(55,56)57)67-47(75)37-15-11-23-69(37)49(77)43(35(5)6)65-39(71)17-13-25-81-29-31-83-27-21-63-51(79)61-19-9-10-20-62-52(80)64-22-28-84-32-30-82-26-14-18-40(72)66-44(36(7)8)50(78)70-24-12-16-38(70)48(76)68-42(34(3)4)46(74)54(58,59)60/h33-38,41-44H,9-32H2,1-8H3,(H,65,71)(H,66,72)(H,67,75)(H,68,76)(H2,61,63,79)(H2,62,64,80)/t37-,38?,41?,42?,43-,44-/m0/s1. The number of carbonyl (C=O) groups is 10. The van der Waals surface area contributed by atoms with Gasteiger partial charge in [0.05, 0.1) is 51.7 Å². The molecule has 0 radical (unpaired) electrons. The highest BCUT2D eigenvalue weighted by Gasteiger charge is 2.48. The SMILES string of the molecule is CC(C)C(NC(=O)C1CCCN1C(=O)[C@@H](NC(=O)CCCOCCOCCNC(=O)NCCCCNC(=O)NCCOCCOCCCC(=O)N[C@H](C(=O)N1CCC[C@H]1C(=O)NC(C(=O)C(F)(F)F)C(C)C)C(C)C)C(C)C)C(=O)C(F)(F)F. The maximum absolute atomic E-state index is 13.5. The van der Waals surface area contributed by atoms with Crippen LogP contribution in [0.4, 0.5) is 35.9 Å². The molecule has 6 atom stereocenters. The molecule has 0 aromatic carbocycles. The Balaban J connectivity index is 1.47. The van der Waals surface area contributed by atoms with Gasteiger partial charge in [-0.15, -0.1) is 0 Å². The summed E-state index contributed by atoms with van der Waals surface area (Å²) in [5.74, 6) is -10.3. The minimum absolute atomic E-state index is 0.0290. The van der Waals surface area contributed by atoms with Crippen LogP contribution in [-0.4, -0.2) is 210 Å². The van der Waals surface area contributed by atoms with Gasteiger partial charge in [0, 0.05) is 65.3 Å². The number of Topliss-reactive ketones (excluding diaryl/α,β-unsaturated/α-hetero) is 2. The second-order valence-corrected chi connectivity index (χ2v) is 21.9. The van der Waals surface area contributed by atoms with Crippen LogP contribution in [0.3, 0.4) is 0 Å². The minimum atomic E-state index is -5.14. The number of amides is 10. The summed E-state index contributed by atoms with van der Waals surface area (Å²) in [5, 5.41) is 20.5. The predicted molar refractivity (Wildman–Crippen MR) is 292 cm³/mol. The van der Waals surface area contributed by atoms with Gasteiger partial charge in [0.25, 0.3) is 11.6 Å². The molecule has 2 rings (SSSR count). The van der Waals surface area contributed by atoms with Crippen molar-refractivity contribution in [2.24, 2.45) is 23.7 Å². The summed E-state index contributed by atoms with van der Waals surface area (Å²) >= 11 is 0. The molecule has 0 bridgehead atoms. The van der Waals surface area contributed by atoms with E-state index in [0.717, 1.165) is 0 Å². The van der Waals surface area contributed by atoms with Crippen LogP contribution >= 0.6 is 0 Å². The molecule has 10 amide bonds. The zero-order valence-electron chi connectivity index (χ0n) is 49.6. The molecule has 0 aromatic heterocycles. The molecule has 2 fully saturated rings. The summed E-state index contributed by atoms with van der Waals surface area (Å²) < 4.78 is 101. The molecule has 84 heavy (non-hydrogen) atoms. The van der Waals surface area contributed by atoms with Crippen molar-refractivity contribution in [1.82, 2.24) is 52.3 Å². The summed E-state index contributed by atoms with van der Waals surface area (Å²) in [6, 6.07) is -8.56. The number of alkyl halides is 6. The van der Waals surface area contributed by atoms with E-state index in [1.807, 2.05) is 0 Å². The summed E-state index contributed by atoms with van der Waals surface area (Å²) in [4.78, 5) is 129. The van der Waals surface area contributed by atoms with E-state index in [4.69, 9.17) is 18.9 Å². The van der Waals surface area contributed by atoms with Gasteiger partial charge < -0.3 is 71.3 Å². The first-order chi connectivity index (χ1) is 39.5. The monoisotopic (exact) mass is 1220 g/mol. The second-order valence-electron chi connectivity index (χ2n) is 21.9. The molecule has 2 aliphatic heterocycles. The van der Waals surface area contributed by atoms with Crippen LogP contribution in [0.2, 0.25) is 0 Å². The number of halogens is 6. The lowest BCUT2D eigenvalue weighted by Gasteiger charge is -2.32. The lowest BCUT2D eigenvalue weighted by molar-refractivity contribution is -0.175. The number of ether oxygens (including phenoxy) is 4. The van der Waals surface area contributed by atoms with Gasteiger partial charge in [0.2, 0.25) is 35.4 Å². The van der Waals surface area contributed by atoms with E-state index >= 15 is 0 Å². The first kappa shape index (κ1) is 74.2. The third-order valence-corrected chi connectivity index (χ3v) is 13.6. The summed E-state index contributed by atoms with van der Waals surface area (Å²) in [6.07, 6.45) is -7.18. The van der Waals surface area contributed by atoms with Crippen LogP contribution in [0.25, 0.3) is 0 Å². The van der Waals surface area contributed by atoms with Crippen molar-refractivity contribution in [3.63, 3.8) is 0 Å². The number of hydrogen-bond acceptors (Lipinski definition) is 14. The molecule has 0 saturated carbocycles. The average molecular weight is 1220 g/mol. The highest BCUT2D eigenvalue weighted by atomic mass is 19.4. The van der Waals surface area contributed by atoms with E-state index in [0.29, 0.717) is 51.6 Å². The van der Waals surface area contributed by atoms with E-state index in [1.165, 1.54) is 37.5 Å². The Kier molecular flexibility index (Phi) is 33.8. The molecular weight excluding hydrogens is 1130 g/mol. The number of hydrogen-bond donors (Lipinski definition) is 8. The fraction of sp³-hybridized carbons (Fsp3) is 0.815. The molecule has 3 unspecified atom stereocenters. The van der Waals surface area contributed by atoms with Gasteiger partial charge in [-0.05, 0) is 75.0 Å². The van der Waals surface area contributed by atoms with E-state index < -0.39 is 107 Å². The van der Waals surface area contributed by atoms with Crippen molar-refractivity contribution in [2.75, 3.05) is 92.1 Å². The van der Waals surface area contributed by atoms with E-state index in [9.17, 15) is 74.3 Å². The Morgan fingerprint density at radius 3 is 1.04 bits per heavy atom. The number of nitrogens with zero attached hydrogens (tertiary/aromatic N) is 2. The Morgan fingerprint density at radius 2 is 0.726 bits per heavy atom. The smallest absolute Gasteiger partial charge is 0.379 e. The van der Waals surface area contributed by atoms with Gasteiger partial charge >= 0.3 is 24.4 Å². The zero-order valence-corrected chi connectivity index (χ0v) is 49.6. The summed E-state index contributed by atoms with van der Waals surface area (Å²) in [7, 11) is 0. The van der Waals surface area contributed by atoms with Crippen LogP contribution < -0.4 is 42.5 Å². The molecule has 2 aliphatic rings. The quantitative estimate of drug-likeness (QED) is 0.0325. The number of ketones is 2. The van der Waals surface area contributed by atoms with Gasteiger partial charge in [-0.1, -0.05) is 55.4 Å². The maximum atomic E-state index is 13.5. The van der Waals surface area contributed by atoms with E-state index in [-0.39, 0.29) is 129 Å². The van der Waals surface area contributed by atoms with Crippen molar-refractivity contribution >= 4 is 59.1 Å². The predicted octanol–water partition coefficient (Wildman–Crippen LogP) is 2.80. The van der Waals surface area contributed by atoms with Crippen molar-refractivity contribution in [3.05, 3.63) is 0 Å². The van der Waals surface area contributed by atoms with E-state index in [1.54, 1.807) is 27.7 Å². The Bertz CT molecular complexity index is 1980. The van der Waals surface area contributed by atoms with Gasteiger partial charge in [-0.2, -0.15) is 26.3 Å². The van der Waals surface area contributed by atoms with Crippen LogP contribution in [0.15, 0.2) is 0 Å². The normalized spacial score (nSPS) is 16.9. The Hall–Kier alpha value is -5.88. The van der Waals surface area contributed by atoms with Crippen LogP contribution in [0.5, 0.6) is 0 Å².